The molecule has 1 N–H and O–H groups in total. The number of rotatable bonds is 10. The molecule has 2 aromatic rings. The number of para-hydroxylation sites is 1. The highest BCUT2D eigenvalue weighted by Crippen LogP contribution is 2.29. The lowest BCUT2D eigenvalue weighted by molar-refractivity contribution is -0.128. The Bertz CT molecular complexity index is 986. The van der Waals surface area contributed by atoms with E-state index in [1.807, 2.05) is 40.6 Å². The quantitative estimate of drug-likeness (QED) is 0.409. The van der Waals surface area contributed by atoms with Crippen molar-refractivity contribution in [3.05, 3.63) is 47.5 Å². The number of carbonyl (C=O) groups is 3. The van der Waals surface area contributed by atoms with Crippen LogP contribution >= 0.6 is 11.3 Å². The summed E-state index contributed by atoms with van der Waals surface area (Å²) in [6.07, 6.45) is 3.97. The van der Waals surface area contributed by atoms with E-state index in [-0.39, 0.29) is 17.7 Å². The normalized spacial score (nSPS) is 14.4. The van der Waals surface area contributed by atoms with Gasteiger partial charge in [-0.05, 0) is 24.6 Å². The Morgan fingerprint density at radius 1 is 1.18 bits per heavy atom. The standard InChI is InChI=1S/C24H31N5O4S/c1-19(30)29(21-7-4-3-5-8-21)24-26-20(18-34-24)9-10-23(32)28-14-12-27(13-15-28)17-22(31)25-11-6-16-33-2/h3-5,7-10,18H,6,11-17H2,1-2H3,(H,25,31)/b10-9+. The molecule has 3 rings (SSSR count). The molecule has 3 amide bonds. The van der Waals surface area contributed by atoms with E-state index in [0.717, 1.165) is 12.1 Å². The van der Waals surface area contributed by atoms with E-state index in [0.29, 0.717) is 56.7 Å². The fourth-order valence-electron chi connectivity index (χ4n) is 3.55. The van der Waals surface area contributed by atoms with E-state index < -0.39 is 0 Å². The van der Waals surface area contributed by atoms with Gasteiger partial charge in [-0.2, -0.15) is 0 Å². The molecule has 0 atom stereocenters. The molecule has 182 valence electrons. The van der Waals surface area contributed by atoms with Gasteiger partial charge in [0.1, 0.15) is 0 Å². The summed E-state index contributed by atoms with van der Waals surface area (Å²) in [5, 5.41) is 5.26. The van der Waals surface area contributed by atoms with Crippen molar-refractivity contribution in [3.8, 4) is 0 Å². The first-order valence-electron chi connectivity index (χ1n) is 11.2. The Hall–Kier alpha value is -3.08. The molecule has 2 heterocycles. The molecule has 1 aliphatic heterocycles. The van der Waals surface area contributed by atoms with Gasteiger partial charge in [0.25, 0.3) is 0 Å². The molecule has 10 heteroatoms. The minimum Gasteiger partial charge on any atom is -0.385 e. The van der Waals surface area contributed by atoms with Crippen LogP contribution in [0.4, 0.5) is 10.8 Å². The van der Waals surface area contributed by atoms with Crippen molar-refractivity contribution in [2.45, 2.75) is 13.3 Å². The van der Waals surface area contributed by atoms with E-state index in [1.54, 1.807) is 23.0 Å². The lowest BCUT2D eigenvalue weighted by Crippen LogP contribution is -2.50. The molecular weight excluding hydrogens is 454 g/mol. The number of nitrogens with one attached hydrogen (secondary N) is 1. The van der Waals surface area contributed by atoms with Gasteiger partial charge < -0.3 is 15.0 Å². The van der Waals surface area contributed by atoms with Crippen LogP contribution in [0, 0.1) is 0 Å². The van der Waals surface area contributed by atoms with Gasteiger partial charge in [0.2, 0.25) is 17.7 Å². The van der Waals surface area contributed by atoms with Crippen LogP contribution in [0.1, 0.15) is 19.0 Å². The molecule has 1 fully saturated rings. The fourth-order valence-corrected chi connectivity index (χ4v) is 4.41. The topological polar surface area (TPSA) is 95.1 Å². The average molecular weight is 486 g/mol. The van der Waals surface area contributed by atoms with E-state index in [4.69, 9.17) is 4.74 Å². The zero-order valence-corrected chi connectivity index (χ0v) is 20.4. The maximum atomic E-state index is 12.6. The highest BCUT2D eigenvalue weighted by atomic mass is 32.1. The Labute approximate surface area is 204 Å². The van der Waals surface area contributed by atoms with Gasteiger partial charge in [-0.25, -0.2) is 4.98 Å². The predicted octanol–water partition coefficient (Wildman–Crippen LogP) is 2.14. The van der Waals surface area contributed by atoms with Gasteiger partial charge in [0.15, 0.2) is 5.13 Å². The number of thiazole rings is 1. The second-order valence-electron chi connectivity index (χ2n) is 7.88. The Balaban J connectivity index is 1.48. The number of piperazine rings is 1. The van der Waals surface area contributed by atoms with Crippen LogP contribution in [0.2, 0.25) is 0 Å². The molecule has 0 spiro atoms. The SMILES string of the molecule is COCCCNC(=O)CN1CCN(C(=O)/C=C/c2csc(N(C(C)=O)c3ccccc3)n2)CC1. The van der Waals surface area contributed by atoms with Crippen molar-refractivity contribution in [2.24, 2.45) is 0 Å². The predicted molar refractivity (Wildman–Crippen MR) is 133 cm³/mol. The molecule has 1 aromatic heterocycles. The van der Waals surface area contributed by atoms with Crippen LogP contribution in [0.15, 0.2) is 41.8 Å². The zero-order valence-electron chi connectivity index (χ0n) is 19.6. The number of ether oxygens (including phenoxy) is 1. The van der Waals surface area contributed by atoms with Crippen molar-refractivity contribution < 1.29 is 19.1 Å². The van der Waals surface area contributed by atoms with Gasteiger partial charge in [0, 0.05) is 64.8 Å². The minimum atomic E-state index is -0.131. The summed E-state index contributed by atoms with van der Waals surface area (Å²) in [5.74, 6) is -0.233. The molecule has 1 aliphatic rings. The molecule has 0 aliphatic carbocycles. The van der Waals surface area contributed by atoms with Crippen molar-refractivity contribution in [1.29, 1.82) is 0 Å². The number of aromatic nitrogens is 1. The first kappa shape index (κ1) is 25.5. The molecule has 1 saturated heterocycles. The first-order valence-corrected chi connectivity index (χ1v) is 12.1. The molecule has 9 nitrogen and oxygen atoms in total. The number of methoxy groups -OCH3 is 1. The summed E-state index contributed by atoms with van der Waals surface area (Å²) in [5.41, 5.74) is 1.37. The van der Waals surface area contributed by atoms with Crippen LogP contribution in [0.5, 0.6) is 0 Å². The Morgan fingerprint density at radius 3 is 2.59 bits per heavy atom. The summed E-state index contributed by atoms with van der Waals surface area (Å²) >= 11 is 1.35. The summed E-state index contributed by atoms with van der Waals surface area (Å²) in [6.45, 7) is 5.48. The minimum absolute atomic E-state index is 0.00906. The monoisotopic (exact) mass is 485 g/mol. The van der Waals surface area contributed by atoms with Crippen LogP contribution in [-0.2, 0) is 19.1 Å². The maximum Gasteiger partial charge on any atom is 0.246 e. The molecule has 0 saturated carbocycles. The highest BCUT2D eigenvalue weighted by Gasteiger charge is 2.21. The van der Waals surface area contributed by atoms with Gasteiger partial charge in [0.05, 0.1) is 17.9 Å². The van der Waals surface area contributed by atoms with Gasteiger partial charge in [-0.1, -0.05) is 18.2 Å². The van der Waals surface area contributed by atoms with Crippen molar-refractivity contribution in [2.75, 3.05) is 57.9 Å². The first-order chi connectivity index (χ1) is 16.5. The van der Waals surface area contributed by atoms with Crippen LogP contribution < -0.4 is 10.2 Å². The largest absolute Gasteiger partial charge is 0.385 e. The summed E-state index contributed by atoms with van der Waals surface area (Å²) in [7, 11) is 1.64. The number of carbonyl (C=O) groups excluding carboxylic acids is 3. The third-order valence-electron chi connectivity index (χ3n) is 5.33. The van der Waals surface area contributed by atoms with E-state index in [9.17, 15) is 14.4 Å². The third kappa shape index (κ3) is 7.47. The summed E-state index contributed by atoms with van der Waals surface area (Å²) in [4.78, 5) is 46.7. The summed E-state index contributed by atoms with van der Waals surface area (Å²) < 4.78 is 4.97. The van der Waals surface area contributed by atoms with Crippen molar-refractivity contribution >= 4 is 46.0 Å². The zero-order chi connectivity index (χ0) is 24.3. The number of hydrogen-bond donors (Lipinski definition) is 1. The average Bonchev–Trinajstić information content (AvgIpc) is 3.29. The Morgan fingerprint density at radius 2 is 1.91 bits per heavy atom. The molecule has 0 radical (unpaired) electrons. The Kier molecular flexibility index (Phi) is 9.75. The van der Waals surface area contributed by atoms with Crippen LogP contribution in [0.3, 0.4) is 0 Å². The van der Waals surface area contributed by atoms with E-state index in [2.05, 4.69) is 10.3 Å². The second kappa shape index (κ2) is 13.0. The third-order valence-corrected chi connectivity index (χ3v) is 6.17. The molecule has 0 unspecified atom stereocenters. The number of amides is 3. The van der Waals surface area contributed by atoms with E-state index in [1.165, 1.54) is 24.3 Å². The number of benzene rings is 1. The van der Waals surface area contributed by atoms with Gasteiger partial charge >= 0.3 is 0 Å². The second-order valence-corrected chi connectivity index (χ2v) is 8.71. The van der Waals surface area contributed by atoms with Crippen molar-refractivity contribution in [1.82, 2.24) is 20.1 Å². The van der Waals surface area contributed by atoms with Crippen LogP contribution in [0.25, 0.3) is 6.08 Å². The van der Waals surface area contributed by atoms with E-state index >= 15 is 0 Å². The smallest absolute Gasteiger partial charge is 0.246 e. The van der Waals surface area contributed by atoms with Gasteiger partial charge in [-0.15, -0.1) is 11.3 Å². The number of nitrogens with zero attached hydrogens (tertiary/aromatic N) is 4. The summed E-state index contributed by atoms with van der Waals surface area (Å²) in [6, 6.07) is 9.34. The lowest BCUT2D eigenvalue weighted by atomic mass is 10.3. The molecule has 1 aromatic carbocycles. The molecule has 0 bridgehead atoms. The van der Waals surface area contributed by atoms with Crippen molar-refractivity contribution in [3.63, 3.8) is 0 Å². The maximum absolute atomic E-state index is 12.6. The lowest BCUT2D eigenvalue weighted by Gasteiger charge is -2.33. The fraction of sp³-hybridized carbons (Fsp3) is 0.417. The number of anilines is 2. The number of hydrogen-bond acceptors (Lipinski definition) is 7. The van der Waals surface area contributed by atoms with Crippen LogP contribution in [-0.4, -0.2) is 85.5 Å². The molecule has 34 heavy (non-hydrogen) atoms. The van der Waals surface area contributed by atoms with Gasteiger partial charge in [-0.3, -0.25) is 24.2 Å². The highest BCUT2D eigenvalue weighted by molar-refractivity contribution is 7.14. The molecular formula is C24H31N5O4S.